The number of pyridine rings is 1. The van der Waals surface area contributed by atoms with E-state index in [4.69, 9.17) is 0 Å². The molecule has 0 aliphatic heterocycles. The van der Waals surface area contributed by atoms with Crippen molar-refractivity contribution in [3.05, 3.63) is 58.8 Å². The normalized spacial score (nSPS) is 10.9. The largest absolute Gasteiger partial charge is 0.299 e. The number of aryl methyl sites for hydroxylation is 1. The Balaban J connectivity index is 2.27. The Kier molecular flexibility index (Phi) is 2.48. The average Bonchev–Trinajstić information content (AvgIpc) is 2.71. The molecule has 0 fully saturated rings. The summed E-state index contributed by atoms with van der Waals surface area (Å²) < 4.78 is 3.15. The SMILES string of the molecule is Cc1cccc(-c2ncc3ccc(Br)cn23)c1. The van der Waals surface area contributed by atoms with Crippen LogP contribution in [0.25, 0.3) is 16.9 Å². The first kappa shape index (κ1) is 10.5. The Bertz CT molecular complexity index is 686. The van der Waals surface area contributed by atoms with E-state index in [0.29, 0.717) is 0 Å². The van der Waals surface area contributed by atoms with Gasteiger partial charge in [-0.05, 0) is 41.1 Å². The van der Waals surface area contributed by atoms with Crippen LogP contribution in [0, 0.1) is 6.92 Å². The number of hydrogen-bond donors (Lipinski definition) is 0. The predicted octanol–water partition coefficient (Wildman–Crippen LogP) is 4.07. The van der Waals surface area contributed by atoms with E-state index in [-0.39, 0.29) is 0 Å². The molecule has 3 aromatic rings. The van der Waals surface area contributed by atoms with Gasteiger partial charge in [0.05, 0.1) is 11.7 Å². The standard InChI is InChI=1S/C14H11BrN2/c1-10-3-2-4-11(7-10)14-16-8-13-6-5-12(15)9-17(13)14/h2-9H,1H3. The van der Waals surface area contributed by atoms with Crippen LogP contribution in [0.4, 0.5) is 0 Å². The minimum Gasteiger partial charge on any atom is -0.299 e. The van der Waals surface area contributed by atoms with E-state index in [1.165, 1.54) is 5.56 Å². The molecule has 2 heterocycles. The van der Waals surface area contributed by atoms with Crippen LogP contribution in [0.5, 0.6) is 0 Å². The minimum absolute atomic E-state index is 0.977. The number of imidazole rings is 1. The van der Waals surface area contributed by atoms with Gasteiger partial charge in [-0.2, -0.15) is 0 Å². The number of rotatable bonds is 1. The van der Waals surface area contributed by atoms with E-state index in [2.05, 4.69) is 62.6 Å². The second-order valence-corrected chi connectivity index (χ2v) is 5.01. The molecule has 0 atom stereocenters. The number of fused-ring (bicyclic) bond motifs is 1. The molecule has 0 aliphatic carbocycles. The van der Waals surface area contributed by atoms with Gasteiger partial charge in [0, 0.05) is 16.2 Å². The van der Waals surface area contributed by atoms with Crippen LogP contribution in [0.2, 0.25) is 0 Å². The minimum atomic E-state index is 0.977. The molecule has 3 heteroatoms. The molecule has 84 valence electrons. The fourth-order valence-corrected chi connectivity index (χ4v) is 2.30. The first-order valence-corrected chi connectivity index (χ1v) is 6.23. The summed E-state index contributed by atoms with van der Waals surface area (Å²) in [7, 11) is 0. The number of benzene rings is 1. The third-order valence-electron chi connectivity index (χ3n) is 2.77. The summed E-state index contributed by atoms with van der Waals surface area (Å²) in [5.74, 6) is 0.977. The lowest BCUT2D eigenvalue weighted by Gasteiger charge is -2.03. The van der Waals surface area contributed by atoms with E-state index >= 15 is 0 Å². The van der Waals surface area contributed by atoms with Crippen molar-refractivity contribution in [2.45, 2.75) is 6.92 Å². The zero-order valence-electron chi connectivity index (χ0n) is 9.39. The van der Waals surface area contributed by atoms with Crippen LogP contribution in [0.15, 0.2) is 53.3 Å². The summed E-state index contributed by atoms with van der Waals surface area (Å²) in [6, 6.07) is 12.5. The van der Waals surface area contributed by atoms with Crippen molar-refractivity contribution in [1.82, 2.24) is 9.38 Å². The number of halogens is 1. The maximum Gasteiger partial charge on any atom is 0.144 e. The summed E-state index contributed by atoms with van der Waals surface area (Å²) in [6.45, 7) is 2.09. The molecule has 2 nitrogen and oxygen atoms in total. The second kappa shape index (κ2) is 4.00. The highest BCUT2D eigenvalue weighted by molar-refractivity contribution is 9.10. The molecule has 0 N–H and O–H groups in total. The smallest absolute Gasteiger partial charge is 0.144 e. The highest BCUT2D eigenvalue weighted by Gasteiger charge is 2.06. The first-order chi connectivity index (χ1) is 8.24. The van der Waals surface area contributed by atoms with Crippen molar-refractivity contribution in [2.24, 2.45) is 0 Å². The Morgan fingerprint density at radius 2 is 2.06 bits per heavy atom. The number of hydrogen-bond acceptors (Lipinski definition) is 1. The van der Waals surface area contributed by atoms with Crippen LogP contribution < -0.4 is 0 Å². The summed E-state index contributed by atoms with van der Waals surface area (Å²) in [5, 5.41) is 0. The van der Waals surface area contributed by atoms with E-state index < -0.39 is 0 Å². The molecule has 0 bridgehead atoms. The van der Waals surface area contributed by atoms with Crippen molar-refractivity contribution >= 4 is 21.4 Å². The third kappa shape index (κ3) is 1.87. The summed E-state index contributed by atoms with van der Waals surface area (Å²) >= 11 is 3.49. The van der Waals surface area contributed by atoms with Crippen LogP contribution in [0.3, 0.4) is 0 Å². The monoisotopic (exact) mass is 286 g/mol. The molecule has 1 aromatic carbocycles. The molecule has 0 aliphatic rings. The molecule has 2 aromatic heterocycles. The maximum atomic E-state index is 4.49. The van der Waals surface area contributed by atoms with Crippen molar-refractivity contribution in [2.75, 3.05) is 0 Å². The van der Waals surface area contributed by atoms with Gasteiger partial charge in [0.25, 0.3) is 0 Å². The summed E-state index contributed by atoms with van der Waals surface area (Å²) in [5.41, 5.74) is 3.49. The number of nitrogens with zero attached hydrogens (tertiary/aromatic N) is 2. The van der Waals surface area contributed by atoms with Gasteiger partial charge < -0.3 is 0 Å². The first-order valence-electron chi connectivity index (χ1n) is 5.44. The van der Waals surface area contributed by atoms with Gasteiger partial charge in [-0.3, -0.25) is 4.40 Å². The van der Waals surface area contributed by atoms with Gasteiger partial charge in [-0.25, -0.2) is 4.98 Å². The third-order valence-corrected chi connectivity index (χ3v) is 3.24. The molecule has 17 heavy (non-hydrogen) atoms. The molecule has 0 spiro atoms. The van der Waals surface area contributed by atoms with E-state index in [0.717, 1.165) is 21.4 Å². The van der Waals surface area contributed by atoms with Crippen LogP contribution in [-0.4, -0.2) is 9.38 Å². The van der Waals surface area contributed by atoms with E-state index in [1.807, 2.05) is 18.5 Å². The Hall–Kier alpha value is -1.61. The molecule has 0 saturated carbocycles. The van der Waals surface area contributed by atoms with Gasteiger partial charge in [0.2, 0.25) is 0 Å². The summed E-state index contributed by atoms with van der Waals surface area (Å²) in [4.78, 5) is 4.49. The van der Waals surface area contributed by atoms with Crippen LogP contribution in [-0.2, 0) is 0 Å². The van der Waals surface area contributed by atoms with Crippen molar-refractivity contribution in [3.8, 4) is 11.4 Å². The highest BCUT2D eigenvalue weighted by Crippen LogP contribution is 2.22. The van der Waals surface area contributed by atoms with Crippen molar-refractivity contribution in [1.29, 1.82) is 0 Å². The van der Waals surface area contributed by atoms with Gasteiger partial charge in [0.15, 0.2) is 0 Å². The van der Waals surface area contributed by atoms with Gasteiger partial charge in [-0.1, -0.05) is 23.8 Å². The molecule has 0 unspecified atom stereocenters. The second-order valence-electron chi connectivity index (χ2n) is 4.09. The molecular formula is C14H11BrN2. The van der Waals surface area contributed by atoms with Gasteiger partial charge in [0.1, 0.15) is 5.82 Å². The Morgan fingerprint density at radius 3 is 2.88 bits per heavy atom. The fraction of sp³-hybridized carbons (Fsp3) is 0.0714. The van der Waals surface area contributed by atoms with Gasteiger partial charge >= 0.3 is 0 Å². The lowest BCUT2D eigenvalue weighted by atomic mass is 10.1. The molecule has 0 radical (unpaired) electrons. The van der Waals surface area contributed by atoms with Crippen molar-refractivity contribution < 1.29 is 0 Å². The fourth-order valence-electron chi connectivity index (χ4n) is 1.96. The molecule has 0 amide bonds. The topological polar surface area (TPSA) is 17.3 Å². The number of aromatic nitrogens is 2. The zero-order chi connectivity index (χ0) is 11.8. The lowest BCUT2D eigenvalue weighted by molar-refractivity contribution is 1.15. The predicted molar refractivity (Wildman–Crippen MR) is 73.1 cm³/mol. The summed E-state index contributed by atoms with van der Waals surface area (Å²) in [6.07, 6.45) is 3.93. The highest BCUT2D eigenvalue weighted by atomic mass is 79.9. The van der Waals surface area contributed by atoms with Crippen LogP contribution >= 0.6 is 15.9 Å². The maximum absolute atomic E-state index is 4.49. The molecule has 3 rings (SSSR count). The van der Waals surface area contributed by atoms with E-state index in [1.54, 1.807) is 0 Å². The average molecular weight is 287 g/mol. The quantitative estimate of drug-likeness (QED) is 0.659. The van der Waals surface area contributed by atoms with Crippen molar-refractivity contribution in [3.63, 3.8) is 0 Å². The zero-order valence-corrected chi connectivity index (χ0v) is 11.0. The lowest BCUT2D eigenvalue weighted by Crippen LogP contribution is -1.89. The Labute approximate surface area is 108 Å². The molecular weight excluding hydrogens is 276 g/mol. The van der Waals surface area contributed by atoms with Crippen LogP contribution in [0.1, 0.15) is 5.56 Å². The van der Waals surface area contributed by atoms with E-state index in [9.17, 15) is 0 Å². The molecule has 0 saturated heterocycles. The Morgan fingerprint density at radius 1 is 1.18 bits per heavy atom. The van der Waals surface area contributed by atoms with Gasteiger partial charge in [-0.15, -0.1) is 0 Å².